The number of carbonyl (C=O) groups is 2. The summed E-state index contributed by atoms with van der Waals surface area (Å²) in [5.74, 6) is 0.703. The third-order valence-electron chi connectivity index (χ3n) is 9.62. The van der Waals surface area contributed by atoms with Gasteiger partial charge in [0.05, 0.1) is 30.4 Å². The highest BCUT2D eigenvalue weighted by Gasteiger charge is 2.44. The van der Waals surface area contributed by atoms with Crippen LogP contribution in [0.15, 0.2) is 30.4 Å². The highest BCUT2D eigenvalue weighted by molar-refractivity contribution is 6.74. The van der Waals surface area contributed by atoms with E-state index in [-0.39, 0.29) is 41.2 Å². The van der Waals surface area contributed by atoms with Crippen molar-refractivity contribution in [2.24, 2.45) is 24.3 Å². The third-order valence-corrected chi connectivity index (χ3v) is 14.1. The molecule has 43 heavy (non-hydrogen) atoms. The molecule has 0 spiro atoms. The monoisotopic (exact) mass is 614 g/mol. The van der Waals surface area contributed by atoms with Crippen molar-refractivity contribution in [2.75, 3.05) is 7.11 Å². The number of fused-ring (bicyclic) bond motifs is 1. The van der Waals surface area contributed by atoms with E-state index < -0.39 is 19.8 Å². The number of ketones is 1. The first-order valence-electron chi connectivity index (χ1n) is 15.9. The molecule has 242 valence electrons. The molecule has 0 radical (unpaired) electrons. The number of benzene rings is 1. The van der Waals surface area contributed by atoms with Gasteiger partial charge >= 0.3 is 5.97 Å². The maximum atomic E-state index is 13.8. The normalized spacial score (nSPS) is 15.9. The maximum absolute atomic E-state index is 13.8. The summed E-state index contributed by atoms with van der Waals surface area (Å²) < 4.78 is 13.8. The molecule has 1 aromatic heterocycles. The van der Waals surface area contributed by atoms with E-state index in [0.717, 1.165) is 41.7 Å². The highest BCUT2D eigenvalue weighted by Crippen LogP contribution is 2.41. The lowest BCUT2D eigenvalue weighted by molar-refractivity contribution is -0.142. The van der Waals surface area contributed by atoms with Crippen molar-refractivity contribution in [3.63, 3.8) is 0 Å². The smallest absolute Gasteiger partial charge is 0.305 e. The highest BCUT2D eigenvalue weighted by atomic mass is 28.4. The number of aliphatic hydroxyl groups is 1. The number of allylic oxidation sites excluding steroid dienone is 1. The van der Waals surface area contributed by atoms with Gasteiger partial charge in [-0.15, -0.1) is 0 Å². The van der Waals surface area contributed by atoms with Crippen LogP contribution in [0.25, 0.3) is 11.0 Å². The molecule has 0 aliphatic rings. The molecule has 8 heteroatoms. The number of nitrogens with zero attached hydrogens (tertiary/aromatic N) is 2. The Morgan fingerprint density at radius 1 is 1.12 bits per heavy atom. The van der Waals surface area contributed by atoms with Crippen molar-refractivity contribution >= 4 is 31.1 Å². The number of ether oxygens (including phenoxy) is 1. The van der Waals surface area contributed by atoms with Gasteiger partial charge in [-0.3, -0.25) is 9.59 Å². The number of carbonyl (C=O) groups excluding carboxylic acids is 2. The lowest BCUT2D eigenvalue weighted by Gasteiger charge is -2.43. The summed E-state index contributed by atoms with van der Waals surface area (Å²) >= 11 is 0. The number of aryl methyl sites for hydroxylation is 2. The first kappa shape index (κ1) is 36.9. The van der Waals surface area contributed by atoms with Gasteiger partial charge < -0.3 is 18.8 Å². The zero-order chi connectivity index (χ0) is 32.8. The van der Waals surface area contributed by atoms with Crippen molar-refractivity contribution in [3.05, 3.63) is 41.7 Å². The molecule has 0 aliphatic carbocycles. The number of aromatic nitrogens is 2. The second kappa shape index (κ2) is 15.1. The quantitative estimate of drug-likeness (QED) is 0.0886. The van der Waals surface area contributed by atoms with Crippen LogP contribution in [0.1, 0.15) is 104 Å². The molecule has 7 nitrogen and oxygen atoms in total. The number of esters is 1. The van der Waals surface area contributed by atoms with Crippen LogP contribution >= 0.6 is 0 Å². The van der Waals surface area contributed by atoms with Gasteiger partial charge in [-0.25, -0.2) is 4.98 Å². The standard InChI is InChI=1S/C35H58N2O5Si/c1-24(17-15-13-14-16-18-30(38)27-19-20-29-28(23-27)36-26(3)37(29)9)32(42-43(11,12)34(4,5)6)25(2)33(40)35(7,8)22-21-31(39)41-10/h14,16,19-20,23-25,30,32,38H,13,15,17-18,21-22H2,1-12H3/b16-14-/t24-,25+,30-,32-/m0/s1. The minimum Gasteiger partial charge on any atom is -0.469 e. The van der Waals surface area contributed by atoms with Crippen molar-refractivity contribution in [1.29, 1.82) is 0 Å². The summed E-state index contributed by atoms with van der Waals surface area (Å²) in [4.78, 5) is 30.1. The van der Waals surface area contributed by atoms with Crippen molar-refractivity contribution in [3.8, 4) is 0 Å². The summed E-state index contributed by atoms with van der Waals surface area (Å²) in [6.07, 6.45) is 7.47. The Morgan fingerprint density at radius 2 is 1.77 bits per heavy atom. The molecule has 2 rings (SSSR count). The number of hydrogen-bond acceptors (Lipinski definition) is 6. The van der Waals surface area contributed by atoms with Crippen LogP contribution in [0.5, 0.6) is 0 Å². The molecular formula is C35H58N2O5Si. The van der Waals surface area contributed by atoms with E-state index in [1.54, 1.807) is 0 Å². The largest absolute Gasteiger partial charge is 0.469 e. The lowest BCUT2D eigenvalue weighted by atomic mass is 9.74. The number of unbranched alkanes of at least 4 members (excludes halogenated alkanes) is 1. The van der Waals surface area contributed by atoms with Crippen molar-refractivity contribution in [2.45, 2.75) is 124 Å². The number of rotatable bonds is 16. The zero-order valence-corrected chi connectivity index (χ0v) is 29.9. The molecule has 0 unspecified atom stereocenters. The number of hydrogen-bond donors (Lipinski definition) is 1. The van der Waals surface area contributed by atoms with E-state index in [4.69, 9.17) is 9.16 Å². The predicted octanol–water partition coefficient (Wildman–Crippen LogP) is 8.24. The summed E-state index contributed by atoms with van der Waals surface area (Å²) in [5, 5.41) is 10.8. The van der Waals surface area contributed by atoms with Crippen LogP contribution in [0, 0.1) is 24.2 Å². The molecule has 1 heterocycles. The van der Waals surface area contributed by atoms with Gasteiger partial charge in [0.1, 0.15) is 11.6 Å². The van der Waals surface area contributed by atoms with Gasteiger partial charge in [-0.1, -0.05) is 66.7 Å². The lowest BCUT2D eigenvalue weighted by Crippen LogP contribution is -2.50. The number of aliphatic hydroxyl groups excluding tert-OH is 1. The minimum atomic E-state index is -2.14. The van der Waals surface area contributed by atoms with Crippen LogP contribution in [0.3, 0.4) is 0 Å². The van der Waals surface area contributed by atoms with Gasteiger partial charge in [-0.2, -0.15) is 0 Å². The average molecular weight is 615 g/mol. The summed E-state index contributed by atoms with van der Waals surface area (Å²) in [5.41, 5.74) is 2.20. The Morgan fingerprint density at radius 3 is 2.37 bits per heavy atom. The minimum absolute atomic E-state index is 0.0254. The number of imidazole rings is 1. The van der Waals surface area contributed by atoms with E-state index in [2.05, 4.69) is 62.5 Å². The zero-order valence-electron chi connectivity index (χ0n) is 28.9. The predicted molar refractivity (Wildman–Crippen MR) is 178 cm³/mol. The van der Waals surface area contributed by atoms with E-state index >= 15 is 0 Å². The Bertz CT molecular complexity index is 1260. The molecule has 0 aliphatic heterocycles. The molecule has 4 atom stereocenters. The second-order valence-electron chi connectivity index (χ2n) is 14.6. The SMILES string of the molecule is COC(=O)CCC(C)(C)C(=O)[C@H](C)[C@@H](O[Si](C)(C)C(C)(C)C)[C@@H](C)CCC/C=C\C[C@H](O)c1ccc2c(c1)nc(C)n2C. The van der Waals surface area contributed by atoms with Crippen LogP contribution in [0.4, 0.5) is 0 Å². The summed E-state index contributed by atoms with van der Waals surface area (Å²) in [6.45, 7) is 21.2. The molecule has 0 amide bonds. The maximum Gasteiger partial charge on any atom is 0.305 e. The second-order valence-corrected chi connectivity index (χ2v) is 19.3. The fourth-order valence-corrected chi connectivity index (χ4v) is 6.85. The Kier molecular flexibility index (Phi) is 13.0. The molecule has 0 saturated carbocycles. The van der Waals surface area contributed by atoms with Gasteiger partial charge in [0.15, 0.2) is 8.32 Å². The van der Waals surface area contributed by atoms with Crippen LogP contribution < -0.4 is 0 Å². The van der Waals surface area contributed by atoms with Crippen molar-refractivity contribution < 1.29 is 23.9 Å². The van der Waals surface area contributed by atoms with Crippen LogP contribution in [-0.4, -0.2) is 47.9 Å². The molecule has 0 bridgehead atoms. The number of Topliss-reactive ketones (excluding diaryl/α,β-unsaturated/α-hetero) is 1. The first-order chi connectivity index (χ1) is 19.8. The van der Waals surface area contributed by atoms with Gasteiger partial charge in [-0.05, 0) is 80.8 Å². The molecule has 1 N–H and O–H groups in total. The molecule has 1 aromatic carbocycles. The molecule has 0 saturated heterocycles. The van der Waals surface area contributed by atoms with E-state index in [9.17, 15) is 14.7 Å². The number of methoxy groups -OCH3 is 1. The Balaban J connectivity index is 2.02. The molecular weight excluding hydrogens is 556 g/mol. The molecule has 2 aromatic rings. The Labute approximate surface area is 261 Å². The van der Waals surface area contributed by atoms with E-state index in [1.165, 1.54) is 7.11 Å². The van der Waals surface area contributed by atoms with Crippen LogP contribution in [-0.2, 0) is 25.8 Å². The van der Waals surface area contributed by atoms with Crippen molar-refractivity contribution in [1.82, 2.24) is 9.55 Å². The Hall–Kier alpha value is -2.29. The first-order valence-corrected chi connectivity index (χ1v) is 18.8. The topological polar surface area (TPSA) is 90.7 Å². The summed E-state index contributed by atoms with van der Waals surface area (Å²) in [7, 11) is 1.24. The fourth-order valence-electron chi connectivity index (χ4n) is 5.38. The average Bonchev–Trinajstić information content (AvgIpc) is 3.22. The van der Waals surface area contributed by atoms with Crippen LogP contribution in [0.2, 0.25) is 18.1 Å². The van der Waals surface area contributed by atoms with Gasteiger partial charge in [0.25, 0.3) is 0 Å². The molecule has 0 fully saturated rings. The van der Waals surface area contributed by atoms with E-state index in [1.807, 2.05) is 52.9 Å². The van der Waals surface area contributed by atoms with Gasteiger partial charge in [0, 0.05) is 24.8 Å². The summed E-state index contributed by atoms with van der Waals surface area (Å²) in [6, 6.07) is 5.98. The van der Waals surface area contributed by atoms with E-state index in [0.29, 0.717) is 12.8 Å². The third kappa shape index (κ3) is 9.85. The fraction of sp³-hybridized carbons (Fsp3) is 0.686. The van der Waals surface area contributed by atoms with Gasteiger partial charge in [0.2, 0.25) is 0 Å².